The number of carbonyl (C=O) groups is 2. The summed E-state index contributed by atoms with van der Waals surface area (Å²) in [4.78, 5) is 23.9. The quantitative estimate of drug-likeness (QED) is 0.877. The second-order valence-corrected chi connectivity index (χ2v) is 5.87. The highest BCUT2D eigenvalue weighted by molar-refractivity contribution is 5.94. The molecular formula is C19H20N2O4. The summed E-state index contributed by atoms with van der Waals surface area (Å²) in [6.07, 6.45) is 0.660. The number of ether oxygens (including phenoxy) is 2. The first-order valence-corrected chi connectivity index (χ1v) is 8.06. The predicted molar refractivity (Wildman–Crippen MR) is 94.7 cm³/mol. The molecule has 2 aromatic rings. The van der Waals surface area contributed by atoms with Crippen molar-refractivity contribution in [2.24, 2.45) is 5.92 Å². The van der Waals surface area contributed by atoms with Crippen LogP contribution in [0.15, 0.2) is 48.5 Å². The van der Waals surface area contributed by atoms with Crippen molar-refractivity contribution in [1.29, 1.82) is 0 Å². The average Bonchev–Trinajstić information content (AvgIpc) is 2.63. The molecule has 0 spiro atoms. The predicted octanol–water partition coefficient (Wildman–Crippen LogP) is 2.46. The molecule has 2 amide bonds. The van der Waals surface area contributed by atoms with Gasteiger partial charge in [-0.3, -0.25) is 9.59 Å². The van der Waals surface area contributed by atoms with Crippen molar-refractivity contribution in [1.82, 2.24) is 0 Å². The summed E-state index contributed by atoms with van der Waals surface area (Å²) in [5.41, 5.74) is 2.37. The van der Waals surface area contributed by atoms with Gasteiger partial charge in [-0.05, 0) is 42.3 Å². The molecule has 0 bridgehead atoms. The minimum absolute atomic E-state index is 0.00163. The van der Waals surface area contributed by atoms with Crippen molar-refractivity contribution in [3.8, 4) is 5.75 Å². The molecule has 3 rings (SSSR count). The second kappa shape index (κ2) is 7.81. The summed E-state index contributed by atoms with van der Waals surface area (Å²) in [7, 11) is 1.46. The van der Waals surface area contributed by atoms with E-state index in [-0.39, 0.29) is 24.3 Å². The Labute approximate surface area is 146 Å². The molecule has 0 fully saturated rings. The zero-order chi connectivity index (χ0) is 17.6. The van der Waals surface area contributed by atoms with Crippen molar-refractivity contribution in [2.75, 3.05) is 31.0 Å². The monoisotopic (exact) mass is 340 g/mol. The van der Waals surface area contributed by atoms with Crippen LogP contribution in [0.1, 0.15) is 5.56 Å². The average molecular weight is 340 g/mol. The summed E-state index contributed by atoms with van der Waals surface area (Å²) in [6, 6.07) is 14.7. The van der Waals surface area contributed by atoms with E-state index in [0.717, 1.165) is 11.3 Å². The summed E-state index contributed by atoms with van der Waals surface area (Å²) in [5.74, 6) is 0.321. The third kappa shape index (κ3) is 4.36. The molecule has 6 heteroatoms. The number of hydrogen-bond donors (Lipinski definition) is 2. The van der Waals surface area contributed by atoms with Gasteiger partial charge >= 0.3 is 0 Å². The first kappa shape index (κ1) is 17.0. The van der Waals surface area contributed by atoms with Gasteiger partial charge in [-0.2, -0.15) is 0 Å². The van der Waals surface area contributed by atoms with Gasteiger partial charge in [-0.15, -0.1) is 0 Å². The Hall–Kier alpha value is -2.86. The van der Waals surface area contributed by atoms with Crippen LogP contribution in [0, 0.1) is 5.92 Å². The largest absolute Gasteiger partial charge is 0.492 e. The van der Waals surface area contributed by atoms with Crippen LogP contribution in [-0.2, 0) is 20.7 Å². The van der Waals surface area contributed by atoms with Crippen molar-refractivity contribution >= 4 is 23.2 Å². The van der Waals surface area contributed by atoms with Gasteiger partial charge in [0.15, 0.2) is 0 Å². The highest BCUT2D eigenvalue weighted by Gasteiger charge is 2.25. The molecule has 0 aromatic heterocycles. The van der Waals surface area contributed by atoms with Gasteiger partial charge in [0, 0.05) is 18.5 Å². The van der Waals surface area contributed by atoms with E-state index in [1.807, 2.05) is 24.3 Å². The van der Waals surface area contributed by atoms with Crippen LogP contribution in [0.5, 0.6) is 5.75 Å². The smallest absolute Gasteiger partial charge is 0.250 e. The number of para-hydroxylation sites is 1. The number of rotatable bonds is 5. The topological polar surface area (TPSA) is 76.7 Å². The van der Waals surface area contributed by atoms with E-state index in [1.165, 1.54) is 7.11 Å². The van der Waals surface area contributed by atoms with Crippen LogP contribution < -0.4 is 15.4 Å². The van der Waals surface area contributed by atoms with Crippen molar-refractivity contribution in [3.05, 3.63) is 54.1 Å². The number of carbonyl (C=O) groups excluding carboxylic acids is 2. The minimum atomic E-state index is -0.226. The van der Waals surface area contributed by atoms with Gasteiger partial charge in [0.05, 0.1) is 5.92 Å². The summed E-state index contributed by atoms with van der Waals surface area (Å²) in [6.45, 7) is 0.371. The van der Waals surface area contributed by atoms with E-state index in [9.17, 15) is 9.59 Å². The number of anilines is 2. The zero-order valence-corrected chi connectivity index (χ0v) is 14.0. The van der Waals surface area contributed by atoms with Gasteiger partial charge in [-0.1, -0.05) is 18.2 Å². The SMILES string of the molecule is COCC(=O)Nc1ccc(NC(=O)C2COc3ccccc3C2)cc1. The van der Waals surface area contributed by atoms with E-state index < -0.39 is 0 Å². The second-order valence-electron chi connectivity index (χ2n) is 5.87. The van der Waals surface area contributed by atoms with Gasteiger partial charge < -0.3 is 20.1 Å². The lowest BCUT2D eigenvalue weighted by Crippen LogP contribution is -2.32. The Morgan fingerprint density at radius 1 is 1.08 bits per heavy atom. The molecule has 2 aromatic carbocycles. The lowest BCUT2D eigenvalue weighted by Gasteiger charge is -2.24. The number of methoxy groups -OCH3 is 1. The van der Waals surface area contributed by atoms with Gasteiger partial charge in [0.1, 0.15) is 19.0 Å². The van der Waals surface area contributed by atoms with Crippen LogP contribution in [-0.4, -0.2) is 32.1 Å². The molecule has 1 aliphatic heterocycles. The standard InChI is InChI=1S/C19H20N2O4/c1-24-12-18(22)20-15-6-8-16(9-7-15)21-19(23)14-10-13-4-2-3-5-17(13)25-11-14/h2-9,14H,10-12H2,1H3,(H,20,22)(H,21,23). The van der Waals surface area contributed by atoms with E-state index >= 15 is 0 Å². The fourth-order valence-corrected chi connectivity index (χ4v) is 2.71. The Kier molecular flexibility index (Phi) is 5.30. The summed E-state index contributed by atoms with van der Waals surface area (Å²) in [5, 5.41) is 5.59. The van der Waals surface area contributed by atoms with E-state index in [0.29, 0.717) is 24.4 Å². The van der Waals surface area contributed by atoms with Crippen LogP contribution in [0.4, 0.5) is 11.4 Å². The molecular weight excluding hydrogens is 320 g/mol. The van der Waals surface area contributed by atoms with Gasteiger partial charge in [0.2, 0.25) is 11.8 Å². The molecule has 2 N–H and O–H groups in total. The van der Waals surface area contributed by atoms with Crippen LogP contribution in [0.25, 0.3) is 0 Å². The van der Waals surface area contributed by atoms with Crippen molar-refractivity contribution in [2.45, 2.75) is 6.42 Å². The van der Waals surface area contributed by atoms with Gasteiger partial charge in [0.25, 0.3) is 0 Å². The number of nitrogens with one attached hydrogen (secondary N) is 2. The molecule has 6 nitrogen and oxygen atoms in total. The Balaban J connectivity index is 1.57. The highest BCUT2D eigenvalue weighted by Crippen LogP contribution is 2.27. The Bertz CT molecular complexity index is 758. The lowest BCUT2D eigenvalue weighted by atomic mass is 9.96. The first-order valence-electron chi connectivity index (χ1n) is 8.06. The molecule has 0 saturated heterocycles. The number of fused-ring (bicyclic) bond motifs is 1. The normalized spacial score (nSPS) is 15.6. The Morgan fingerprint density at radius 2 is 1.76 bits per heavy atom. The lowest BCUT2D eigenvalue weighted by molar-refractivity contribution is -0.121. The van der Waals surface area contributed by atoms with Crippen molar-refractivity contribution in [3.63, 3.8) is 0 Å². The maximum Gasteiger partial charge on any atom is 0.250 e. The Morgan fingerprint density at radius 3 is 2.48 bits per heavy atom. The molecule has 0 saturated carbocycles. The molecule has 1 atom stereocenters. The van der Waals surface area contributed by atoms with Gasteiger partial charge in [-0.25, -0.2) is 0 Å². The maximum absolute atomic E-state index is 12.4. The fourth-order valence-electron chi connectivity index (χ4n) is 2.71. The number of benzene rings is 2. The first-order chi connectivity index (χ1) is 12.2. The van der Waals surface area contributed by atoms with E-state index in [2.05, 4.69) is 10.6 Å². The van der Waals surface area contributed by atoms with E-state index in [1.54, 1.807) is 24.3 Å². The summed E-state index contributed by atoms with van der Waals surface area (Å²) >= 11 is 0. The van der Waals surface area contributed by atoms with E-state index in [4.69, 9.17) is 9.47 Å². The number of amides is 2. The third-order valence-electron chi connectivity index (χ3n) is 3.96. The molecule has 25 heavy (non-hydrogen) atoms. The zero-order valence-electron chi connectivity index (χ0n) is 14.0. The molecule has 0 radical (unpaired) electrons. The number of hydrogen-bond acceptors (Lipinski definition) is 4. The molecule has 130 valence electrons. The summed E-state index contributed by atoms with van der Waals surface area (Å²) < 4.78 is 10.4. The highest BCUT2D eigenvalue weighted by atomic mass is 16.5. The fraction of sp³-hybridized carbons (Fsp3) is 0.263. The molecule has 1 unspecified atom stereocenters. The van der Waals surface area contributed by atoms with Crippen LogP contribution in [0.2, 0.25) is 0 Å². The molecule has 0 aliphatic carbocycles. The molecule has 1 heterocycles. The van der Waals surface area contributed by atoms with Crippen LogP contribution >= 0.6 is 0 Å². The third-order valence-corrected chi connectivity index (χ3v) is 3.96. The maximum atomic E-state index is 12.4. The van der Waals surface area contributed by atoms with Crippen LogP contribution in [0.3, 0.4) is 0 Å². The molecule has 1 aliphatic rings. The minimum Gasteiger partial charge on any atom is -0.492 e. The van der Waals surface area contributed by atoms with Crippen molar-refractivity contribution < 1.29 is 19.1 Å².